The largest absolute Gasteiger partial charge is 0.427 e. The molecule has 0 aliphatic carbocycles. The Balaban J connectivity index is 1.000. The number of nitrogens with one attached hydrogen (secondary N) is 3. The number of sulfone groups is 1. The minimum atomic E-state index is -5.68. The fourth-order valence-electron chi connectivity index (χ4n) is 7.38. The molecule has 8 rings (SSSR count). The van der Waals surface area contributed by atoms with Crippen molar-refractivity contribution in [3.8, 4) is 0 Å². The molecule has 1 fully saturated rings. The number of ether oxygens (including phenoxy) is 1. The van der Waals surface area contributed by atoms with Crippen molar-refractivity contribution >= 4 is 93.2 Å². The Labute approximate surface area is 386 Å². The predicted molar refractivity (Wildman–Crippen MR) is 246 cm³/mol. The Morgan fingerprint density at radius 3 is 2.48 bits per heavy atom. The van der Waals surface area contributed by atoms with Gasteiger partial charge >= 0.3 is 4.71 Å². The van der Waals surface area contributed by atoms with Gasteiger partial charge in [0.05, 0.1) is 39.6 Å². The van der Waals surface area contributed by atoms with E-state index in [0.717, 1.165) is 32.9 Å². The second-order valence-corrected chi connectivity index (χ2v) is 21.5. The molecule has 65 heavy (non-hydrogen) atoms. The number of pyridine rings is 2. The van der Waals surface area contributed by atoms with E-state index in [2.05, 4.69) is 30.5 Å². The number of thioether (sulfide) groups is 1. The average molecular weight is 984 g/mol. The van der Waals surface area contributed by atoms with Crippen molar-refractivity contribution in [2.75, 3.05) is 60.7 Å². The van der Waals surface area contributed by atoms with Crippen LogP contribution in [-0.2, 0) is 37.6 Å². The second-order valence-electron chi connectivity index (χ2n) is 15.1. The van der Waals surface area contributed by atoms with Gasteiger partial charge in [0.25, 0.3) is 31.7 Å². The summed E-state index contributed by atoms with van der Waals surface area (Å²) in [4.78, 5) is 43.2. The van der Waals surface area contributed by atoms with E-state index in [1.165, 1.54) is 35.2 Å². The van der Waals surface area contributed by atoms with Gasteiger partial charge in [-0.1, -0.05) is 47.7 Å². The van der Waals surface area contributed by atoms with Crippen LogP contribution in [0.25, 0.3) is 10.2 Å². The monoisotopic (exact) mass is 982 g/mol. The number of anilines is 3. The smallest absolute Gasteiger partial charge is 0.380 e. The number of hydrogen-bond donors (Lipinski definition) is 3. The lowest BCUT2D eigenvalue weighted by Gasteiger charge is -2.31. The van der Waals surface area contributed by atoms with Gasteiger partial charge in [-0.3, -0.25) is 24.8 Å². The van der Waals surface area contributed by atoms with E-state index < -0.39 is 46.3 Å². The summed E-state index contributed by atoms with van der Waals surface area (Å²) >= 11 is 7.95. The summed E-state index contributed by atoms with van der Waals surface area (Å²) in [5, 5.41) is 6.37. The van der Waals surface area contributed by atoms with Crippen LogP contribution >= 0.6 is 34.7 Å². The number of aromatic nitrogens is 3. The normalized spacial score (nSPS) is 15.3. The van der Waals surface area contributed by atoms with Crippen molar-refractivity contribution in [2.45, 2.75) is 44.8 Å². The van der Waals surface area contributed by atoms with Crippen molar-refractivity contribution in [1.82, 2.24) is 24.6 Å². The van der Waals surface area contributed by atoms with Crippen molar-refractivity contribution in [3.05, 3.63) is 126 Å². The first-order valence-corrected chi connectivity index (χ1v) is 25.4. The van der Waals surface area contributed by atoms with Crippen molar-refractivity contribution in [2.24, 2.45) is 0 Å². The third-order valence-corrected chi connectivity index (χ3v) is 16.3. The maximum Gasteiger partial charge on any atom is 0.427 e. The Morgan fingerprint density at radius 2 is 1.71 bits per heavy atom. The van der Waals surface area contributed by atoms with Crippen LogP contribution < -0.4 is 20.3 Å². The number of sulfonamides is 1. The summed E-state index contributed by atoms with van der Waals surface area (Å²) in [7, 11) is -10.6. The molecule has 3 aromatic carbocycles. The molecule has 0 spiro atoms. The summed E-state index contributed by atoms with van der Waals surface area (Å²) in [5.41, 5.74) is 2.18. The zero-order valence-electron chi connectivity index (χ0n) is 34.3. The molecule has 2 aliphatic heterocycles. The molecule has 6 aromatic rings. The average Bonchev–Trinajstić information content (AvgIpc) is 3.72. The van der Waals surface area contributed by atoms with Crippen LogP contribution in [0.5, 0.6) is 0 Å². The first kappa shape index (κ1) is 46.2. The van der Waals surface area contributed by atoms with Crippen molar-refractivity contribution < 1.29 is 39.9 Å². The molecule has 15 nitrogen and oxygen atoms in total. The van der Waals surface area contributed by atoms with E-state index in [9.17, 15) is 35.2 Å². The number of rotatable bonds is 16. The van der Waals surface area contributed by atoms with E-state index >= 15 is 0 Å². The lowest BCUT2D eigenvalue weighted by atomic mass is 9.94. The molecule has 2 amide bonds. The molecule has 1 atom stereocenters. The molecule has 0 unspecified atom stereocenters. The van der Waals surface area contributed by atoms with Crippen LogP contribution in [0.1, 0.15) is 38.4 Å². The number of nitrogens with zero attached hydrogens (tertiary/aromatic N) is 5. The third kappa shape index (κ3) is 10.9. The van der Waals surface area contributed by atoms with Gasteiger partial charge in [-0.15, -0.1) is 11.8 Å². The van der Waals surface area contributed by atoms with Crippen molar-refractivity contribution in [3.63, 3.8) is 0 Å². The molecule has 3 N–H and O–H groups in total. The number of hydrogen-bond acceptors (Lipinski definition) is 15. The second kappa shape index (κ2) is 19.7. The van der Waals surface area contributed by atoms with Crippen LogP contribution in [0.15, 0.2) is 118 Å². The molecule has 5 heterocycles. The highest BCUT2D eigenvalue weighted by Gasteiger charge is 2.46. The number of amides is 2. The molecule has 3 aromatic heterocycles. The Kier molecular flexibility index (Phi) is 14.0. The van der Waals surface area contributed by atoms with E-state index in [0.29, 0.717) is 86.1 Å². The topological polar surface area (TPSA) is 193 Å². The molecule has 22 heteroatoms. The SMILES string of the molecule is O=C(NS(=O)(=O)c1ccc(N[C@H](CCN2CCOCC2)CSc2ccccc2)c(S(=O)(=O)C(F)(F)Cl)c1)c1cccc(N2CCc3cccc(C(=O)Nc4nc5cnccc5s4)c3C2)n1. The van der Waals surface area contributed by atoms with Crippen LogP contribution in [-0.4, -0.2) is 104 Å². The lowest BCUT2D eigenvalue weighted by Crippen LogP contribution is -2.39. The summed E-state index contributed by atoms with van der Waals surface area (Å²) < 4.78 is 86.9. The summed E-state index contributed by atoms with van der Waals surface area (Å²) in [6.45, 7) is 3.77. The number of thiazole rings is 1. The number of halogens is 3. The number of morpholine rings is 1. The van der Waals surface area contributed by atoms with E-state index in [1.807, 2.05) is 52.1 Å². The number of alkyl halides is 3. The zero-order valence-corrected chi connectivity index (χ0v) is 38.3. The maximum atomic E-state index is 14.7. The standard InChI is InChI=1S/C43H41ClF2N8O7S4/c44-43(45,46)64(57,58)38-24-31(12-13-34(38)48-29(16-18-53-20-22-61-23-21-53)27-62-30-7-2-1-3-8-30)65(59,60)52-41(56)35-10-5-11-39(49-35)54-19-15-28-6-4-9-32(33(28)26-54)40(55)51-42-50-36-25-47-17-14-37(36)63-42/h1-14,17,24-25,29,48H,15-16,18-23,26-27H2,(H,52,56)(H,50,51,55)/t29-/m1/s1. The highest BCUT2D eigenvalue weighted by molar-refractivity contribution is 7.99. The Morgan fingerprint density at radius 1 is 0.923 bits per heavy atom. The minimum Gasteiger partial charge on any atom is -0.380 e. The number of benzene rings is 3. The highest BCUT2D eigenvalue weighted by Crippen LogP contribution is 2.38. The number of fused-ring (bicyclic) bond motifs is 2. The molecular formula is C43H41ClF2N8O7S4. The quantitative estimate of drug-likeness (QED) is 0.0672. The molecule has 0 saturated carbocycles. The van der Waals surface area contributed by atoms with Crippen molar-refractivity contribution in [1.29, 1.82) is 0 Å². The lowest BCUT2D eigenvalue weighted by molar-refractivity contribution is 0.0370. The number of carbonyl (C=O) groups is 2. The summed E-state index contributed by atoms with van der Waals surface area (Å²) in [6, 6.07) is 23.3. The van der Waals surface area contributed by atoms with Gasteiger partial charge in [0.1, 0.15) is 17.0 Å². The highest BCUT2D eigenvalue weighted by atomic mass is 35.5. The van der Waals surface area contributed by atoms with Gasteiger partial charge in [0, 0.05) is 61.2 Å². The van der Waals surface area contributed by atoms with Gasteiger partial charge in [0.2, 0.25) is 0 Å². The first-order valence-electron chi connectivity index (χ1n) is 20.3. The van der Waals surface area contributed by atoms with E-state index in [-0.39, 0.29) is 23.8 Å². The van der Waals surface area contributed by atoms with Gasteiger partial charge in [-0.05, 0) is 90.2 Å². The van der Waals surface area contributed by atoms with Crippen LogP contribution in [0.4, 0.5) is 25.4 Å². The van der Waals surface area contributed by atoms with Crippen LogP contribution in [0, 0.1) is 0 Å². The Hall–Kier alpha value is -5.29. The van der Waals surface area contributed by atoms with Crippen LogP contribution in [0.2, 0.25) is 0 Å². The van der Waals surface area contributed by atoms with Gasteiger partial charge in [0.15, 0.2) is 5.13 Å². The first-order chi connectivity index (χ1) is 31.1. The molecule has 1 saturated heterocycles. The van der Waals surface area contributed by atoms with E-state index in [4.69, 9.17) is 16.3 Å². The van der Waals surface area contributed by atoms with Gasteiger partial charge < -0.3 is 15.0 Å². The maximum absolute atomic E-state index is 14.7. The zero-order chi connectivity index (χ0) is 45.8. The minimum absolute atomic E-state index is 0.237. The fraction of sp³-hybridized carbons (Fsp3) is 0.279. The predicted octanol–water partition coefficient (Wildman–Crippen LogP) is 6.88. The fourth-order valence-corrected chi connectivity index (χ4v) is 11.5. The summed E-state index contributed by atoms with van der Waals surface area (Å²) in [5.74, 6) is -0.805. The molecule has 0 radical (unpaired) electrons. The van der Waals surface area contributed by atoms with E-state index in [1.54, 1.807) is 30.6 Å². The third-order valence-electron chi connectivity index (χ3n) is 10.8. The van der Waals surface area contributed by atoms with Crippen LogP contribution in [0.3, 0.4) is 0 Å². The molecule has 0 bridgehead atoms. The number of carbonyl (C=O) groups excluding carboxylic acids is 2. The summed E-state index contributed by atoms with van der Waals surface area (Å²) in [6.07, 6.45) is 4.27. The van der Waals surface area contributed by atoms with Gasteiger partial charge in [-0.25, -0.2) is 31.5 Å². The molecular weight excluding hydrogens is 942 g/mol. The Bertz CT molecular complexity index is 2910. The molecule has 2 aliphatic rings. The molecule has 340 valence electrons. The van der Waals surface area contributed by atoms with Gasteiger partial charge in [-0.2, -0.15) is 8.78 Å².